The van der Waals surface area contributed by atoms with Crippen LogP contribution >= 0.6 is 0 Å². The number of hydrogen-bond acceptors (Lipinski definition) is 7. The molecule has 1 amide bonds. The van der Waals surface area contributed by atoms with Crippen LogP contribution in [0, 0.1) is 18.8 Å². The van der Waals surface area contributed by atoms with Crippen LogP contribution in [-0.4, -0.2) is 49.5 Å². The second kappa shape index (κ2) is 10.0. The van der Waals surface area contributed by atoms with Gasteiger partial charge in [0, 0.05) is 24.7 Å². The van der Waals surface area contributed by atoms with E-state index in [1.807, 2.05) is 13.8 Å². The quantitative estimate of drug-likeness (QED) is 0.606. The SMILES string of the molecule is Cc1noc(C(C)C)c1C(=O)OCC(=O)Nc1ccc(S(=O)(=O)N2CC(C)CC(C)C2)cc1. The molecule has 0 saturated carbocycles. The topological polar surface area (TPSA) is 119 Å². The van der Waals surface area contributed by atoms with Crippen molar-refractivity contribution >= 4 is 27.6 Å². The van der Waals surface area contributed by atoms with E-state index in [0.29, 0.717) is 42.1 Å². The fourth-order valence-electron chi connectivity index (χ4n) is 4.09. The van der Waals surface area contributed by atoms with Crippen molar-refractivity contribution in [2.45, 2.75) is 51.9 Å². The molecule has 1 aliphatic rings. The molecule has 1 aliphatic heterocycles. The number of carbonyl (C=O) groups excluding carboxylic acids is 2. The molecule has 0 spiro atoms. The number of esters is 1. The van der Waals surface area contributed by atoms with Crippen LogP contribution in [0.15, 0.2) is 33.7 Å². The summed E-state index contributed by atoms with van der Waals surface area (Å²) in [5.41, 5.74) is 1.03. The molecular weight excluding hydrogens is 446 g/mol. The highest BCUT2D eigenvalue weighted by atomic mass is 32.2. The summed E-state index contributed by atoms with van der Waals surface area (Å²) in [4.78, 5) is 24.8. The lowest BCUT2D eigenvalue weighted by Crippen LogP contribution is -2.42. The highest BCUT2D eigenvalue weighted by Gasteiger charge is 2.31. The molecule has 0 radical (unpaired) electrons. The Bertz CT molecular complexity index is 1100. The van der Waals surface area contributed by atoms with Gasteiger partial charge in [-0.1, -0.05) is 32.9 Å². The summed E-state index contributed by atoms with van der Waals surface area (Å²) in [6, 6.07) is 5.97. The van der Waals surface area contributed by atoms with E-state index in [4.69, 9.17) is 9.26 Å². The lowest BCUT2D eigenvalue weighted by Gasteiger charge is -2.34. The van der Waals surface area contributed by atoms with Gasteiger partial charge in [0.25, 0.3) is 5.91 Å². The monoisotopic (exact) mass is 477 g/mol. The van der Waals surface area contributed by atoms with Gasteiger partial charge in [-0.25, -0.2) is 13.2 Å². The molecule has 1 N–H and O–H groups in total. The molecule has 2 unspecified atom stereocenters. The number of nitrogens with zero attached hydrogens (tertiary/aromatic N) is 2. The van der Waals surface area contributed by atoms with Gasteiger partial charge in [-0.05, 0) is 49.4 Å². The zero-order chi connectivity index (χ0) is 24.3. The number of nitrogens with one attached hydrogen (secondary N) is 1. The minimum Gasteiger partial charge on any atom is -0.452 e. The van der Waals surface area contributed by atoms with Gasteiger partial charge < -0.3 is 14.6 Å². The van der Waals surface area contributed by atoms with Crippen LogP contribution < -0.4 is 5.32 Å². The molecule has 180 valence electrons. The number of sulfonamides is 1. The van der Waals surface area contributed by atoms with Gasteiger partial charge >= 0.3 is 5.97 Å². The standard InChI is InChI=1S/C23H31N3O6S/c1-14(2)22-21(17(5)25-32-22)23(28)31-13-20(27)24-18-6-8-19(9-7-18)33(29,30)26-11-15(3)10-16(4)12-26/h6-9,14-16H,10-13H2,1-5H3,(H,24,27). The van der Waals surface area contributed by atoms with Gasteiger partial charge in [0.1, 0.15) is 5.56 Å². The van der Waals surface area contributed by atoms with Gasteiger partial charge in [0.2, 0.25) is 10.0 Å². The number of ether oxygens (including phenoxy) is 1. The summed E-state index contributed by atoms with van der Waals surface area (Å²) in [6.45, 7) is 9.97. The molecular formula is C23H31N3O6S. The summed E-state index contributed by atoms with van der Waals surface area (Å²) < 4.78 is 37.8. The Labute approximate surface area is 194 Å². The van der Waals surface area contributed by atoms with Crippen LogP contribution in [0.25, 0.3) is 0 Å². The van der Waals surface area contributed by atoms with Crippen molar-refractivity contribution in [2.75, 3.05) is 25.0 Å². The number of aromatic nitrogens is 1. The minimum absolute atomic E-state index is 0.0614. The Morgan fingerprint density at radius 3 is 2.36 bits per heavy atom. The van der Waals surface area contributed by atoms with E-state index in [-0.39, 0.29) is 16.4 Å². The third-order valence-electron chi connectivity index (χ3n) is 5.56. The second-order valence-corrected chi connectivity index (χ2v) is 11.0. The molecule has 2 heterocycles. The molecule has 0 aliphatic carbocycles. The third kappa shape index (κ3) is 5.80. The molecule has 0 bridgehead atoms. The number of piperidine rings is 1. The molecule has 3 rings (SSSR count). The van der Waals surface area contributed by atoms with Crippen LogP contribution in [0.5, 0.6) is 0 Å². The van der Waals surface area contributed by atoms with E-state index in [1.54, 1.807) is 6.92 Å². The van der Waals surface area contributed by atoms with Crippen molar-refractivity contribution in [3.05, 3.63) is 41.3 Å². The fraction of sp³-hybridized carbons (Fsp3) is 0.522. The molecule has 2 atom stereocenters. The molecule has 33 heavy (non-hydrogen) atoms. The summed E-state index contributed by atoms with van der Waals surface area (Å²) in [5.74, 6) is -0.260. The van der Waals surface area contributed by atoms with Gasteiger partial charge in [-0.15, -0.1) is 0 Å². The predicted octanol–water partition coefficient (Wildman–Crippen LogP) is 3.57. The van der Waals surface area contributed by atoms with Gasteiger partial charge in [-0.3, -0.25) is 4.79 Å². The first-order valence-corrected chi connectivity index (χ1v) is 12.5. The smallest absolute Gasteiger partial charge is 0.344 e. The predicted molar refractivity (Wildman–Crippen MR) is 122 cm³/mol. The Kier molecular flexibility index (Phi) is 7.58. The highest BCUT2D eigenvalue weighted by molar-refractivity contribution is 7.89. The van der Waals surface area contributed by atoms with Crippen molar-refractivity contribution in [3.63, 3.8) is 0 Å². The van der Waals surface area contributed by atoms with Gasteiger partial charge in [0.05, 0.1) is 10.6 Å². The highest BCUT2D eigenvalue weighted by Crippen LogP contribution is 2.27. The first-order valence-electron chi connectivity index (χ1n) is 11.0. The average molecular weight is 478 g/mol. The largest absolute Gasteiger partial charge is 0.452 e. The zero-order valence-electron chi connectivity index (χ0n) is 19.6. The Balaban J connectivity index is 1.59. The minimum atomic E-state index is -3.60. The summed E-state index contributed by atoms with van der Waals surface area (Å²) in [7, 11) is -3.60. The fourth-order valence-corrected chi connectivity index (χ4v) is 5.77. The van der Waals surface area contributed by atoms with Crippen LogP contribution in [0.1, 0.15) is 61.8 Å². The molecule has 1 aromatic heterocycles. The van der Waals surface area contributed by atoms with Gasteiger partial charge in [-0.2, -0.15) is 4.31 Å². The first-order chi connectivity index (χ1) is 15.5. The second-order valence-electron chi connectivity index (χ2n) is 9.08. The van der Waals surface area contributed by atoms with Crippen molar-refractivity contribution in [3.8, 4) is 0 Å². The maximum absolute atomic E-state index is 13.0. The van der Waals surface area contributed by atoms with E-state index >= 15 is 0 Å². The normalized spacial score (nSPS) is 19.5. The van der Waals surface area contributed by atoms with Crippen LogP contribution in [0.2, 0.25) is 0 Å². The Morgan fingerprint density at radius 1 is 1.18 bits per heavy atom. The van der Waals surface area contributed by atoms with E-state index in [0.717, 1.165) is 6.42 Å². The summed E-state index contributed by atoms with van der Waals surface area (Å²) in [6.07, 6.45) is 1.01. The number of rotatable bonds is 7. The molecule has 10 heteroatoms. The van der Waals surface area contributed by atoms with Crippen molar-refractivity contribution in [1.82, 2.24) is 9.46 Å². The molecule has 1 aromatic carbocycles. The lowest BCUT2D eigenvalue weighted by molar-refractivity contribution is -0.119. The molecule has 9 nitrogen and oxygen atoms in total. The average Bonchev–Trinajstić information content (AvgIpc) is 3.13. The first kappa shape index (κ1) is 24.9. The molecule has 2 aromatic rings. The van der Waals surface area contributed by atoms with E-state index in [1.165, 1.54) is 28.6 Å². The van der Waals surface area contributed by atoms with E-state index in [9.17, 15) is 18.0 Å². The zero-order valence-corrected chi connectivity index (χ0v) is 20.4. The van der Waals surface area contributed by atoms with Crippen LogP contribution in [0.3, 0.4) is 0 Å². The Hall–Kier alpha value is -2.72. The summed E-state index contributed by atoms with van der Waals surface area (Å²) in [5, 5.41) is 6.40. The number of hydrogen-bond donors (Lipinski definition) is 1. The van der Waals surface area contributed by atoms with Crippen molar-refractivity contribution in [2.24, 2.45) is 11.8 Å². The van der Waals surface area contributed by atoms with Crippen LogP contribution in [0.4, 0.5) is 5.69 Å². The number of aryl methyl sites for hydroxylation is 1. The van der Waals surface area contributed by atoms with Crippen molar-refractivity contribution < 1.29 is 27.3 Å². The van der Waals surface area contributed by atoms with Crippen molar-refractivity contribution in [1.29, 1.82) is 0 Å². The van der Waals surface area contributed by atoms with Crippen LogP contribution in [-0.2, 0) is 19.6 Å². The van der Waals surface area contributed by atoms with Gasteiger partial charge in [0.15, 0.2) is 12.4 Å². The number of anilines is 1. The Morgan fingerprint density at radius 2 is 1.79 bits per heavy atom. The number of benzene rings is 1. The third-order valence-corrected chi connectivity index (χ3v) is 7.41. The maximum atomic E-state index is 13.0. The lowest BCUT2D eigenvalue weighted by atomic mass is 9.94. The number of amides is 1. The maximum Gasteiger partial charge on any atom is 0.344 e. The van der Waals surface area contributed by atoms with E-state index < -0.39 is 28.5 Å². The molecule has 1 fully saturated rings. The molecule has 1 saturated heterocycles. The van der Waals surface area contributed by atoms with E-state index in [2.05, 4.69) is 24.3 Å². The summed E-state index contributed by atoms with van der Waals surface area (Å²) >= 11 is 0. The number of carbonyl (C=O) groups is 2.